The molecule has 4 nitrogen and oxygen atoms in total. The number of benzene rings is 2. The zero-order chi connectivity index (χ0) is 18.8. The first kappa shape index (κ1) is 17.0. The predicted octanol–water partition coefficient (Wildman–Crippen LogP) is 5.04. The van der Waals surface area contributed by atoms with E-state index in [9.17, 15) is 0 Å². The second kappa shape index (κ2) is 7.47. The lowest BCUT2D eigenvalue weighted by Crippen LogP contribution is -2.43. The summed E-state index contributed by atoms with van der Waals surface area (Å²) in [4.78, 5) is 8.33. The number of fused-ring (bicyclic) bond motifs is 2. The van der Waals surface area contributed by atoms with Gasteiger partial charge >= 0.3 is 0 Å². The first-order valence-electron chi connectivity index (χ1n) is 10.2. The summed E-state index contributed by atoms with van der Waals surface area (Å²) >= 11 is 0. The number of pyridine rings is 2. The van der Waals surface area contributed by atoms with Gasteiger partial charge in [0.1, 0.15) is 17.4 Å². The number of rotatable bonds is 4. The van der Waals surface area contributed by atoms with Crippen LogP contribution in [-0.4, -0.2) is 17.1 Å². The molecule has 2 atom stereocenters. The van der Waals surface area contributed by atoms with Gasteiger partial charge in [-0.3, -0.25) is 5.32 Å². The largest absolute Gasteiger partial charge is 0.363 e. The van der Waals surface area contributed by atoms with Gasteiger partial charge in [-0.1, -0.05) is 42.8 Å². The van der Waals surface area contributed by atoms with E-state index in [2.05, 4.69) is 82.3 Å². The third-order valence-corrected chi connectivity index (χ3v) is 5.70. The van der Waals surface area contributed by atoms with Crippen LogP contribution in [0.25, 0.3) is 21.8 Å². The van der Waals surface area contributed by atoms with Gasteiger partial charge < -0.3 is 5.32 Å². The Bertz CT molecular complexity index is 1020. The quantitative estimate of drug-likeness (QED) is 0.530. The molecule has 0 bridgehead atoms. The van der Waals surface area contributed by atoms with E-state index in [1.165, 1.54) is 23.6 Å². The first-order chi connectivity index (χ1) is 13.8. The number of nitrogens with one attached hydrogen (secondary N) is 3. The molecule has 0 saturated heterocycles. The molecule has 2 heterocycles. The van der Waals surface area contributed by atoms with Crippen LogP contribution < -0.4 is 15.6 Å². The Hall–Kier alpha value is -3.14. The van der Waals surface area contributed by atoms with Gasteiger partial charge in [-0.05, 0) is 49.6 Å². The van der Waals surface area contributed by atoms with Crippen molar-refractivity contribution in [2.75, 3.05) is 10.6 Å². The molecule has 1 saturated carbocycles. The summed E-state index contributed by atoms with van der Waals surface area (Å²) in [7, 11) is 0. The molecule has 1 aliphatic carbocycles. The van der Waals surface area contributed by atoms with Crippen LogP contribution in [0.15, 0.2) is 72.8 Å². The smallest absolute Gasteiger partial charge is 0.272 e. The molecule has 0 aliphatic heterocycles. The summed E-state index contributed by atoms with van der Waals surface area (Å²) in [5.74, 6) is 2.03. The molecule has 2 aromatic heterocycles. The fraction of sp³-hybridized carbons (Fsp3) is 0.250. The van der Waals surface area contributed by atoms with E-state index in [-0.39, 0.29) is 0 Å². The maximum absolute atomic E-state index is 4.81. The van der Waals surface area contributed by atoms with Crippen molar-refractivity contribution >= 4 is 33.4 Å². The number of para-hydroxylation sites is 2. The van der Waals surface area contributed by atoms with E-state index in [1.54, 1.807) is 0 Å². The van der Waals surface area contributed by atoms with E-state index in [1.807, 2.05) is 6.07 Å². The topological polar surface area (TPSA) is 51.1 Å². The molecule has 3 N–H and O–H groups in total. The van der Waals surface area contributed by atoms with Crippen LogP contribution >= 0.6 is 0 Å². The van der Waals surface area contributed by atoms with Crippen molar-refractivity contribution in [3.8, 4) is 0 Å². The second-order valence-electron chi connectivity index (χ2n) is 7.63. The number of H-pyrrole nitrogens is 1. The molecule has 4 aromatic rings. The van der Waals surface area contributed by atoms with Crippen molar-refractivity contribution in [2.45, 2.75) is 37.8 Å². The highest BCUT2D eigenvalue weighted by Crippen LogP contribution is 2.25. The highest BCUT2D eigenvalue weighted by molar-refractivity contribution is 5.80. The summed E-state index contributed by atoms with van der Waals surface area (Å²) in [6.07, 6.45) is 4.82. The molecule has 4 heteroatoms. The summed E-state index contributed by atoms with van der Waals surface area (Å²) in [5, 5.41) is 9.83. The fourth-order valence-corrected chi connectivity index (χ4v) is 4.21. The predicted molar refractivity (Wildman–Crippen MR) is 116 cm³/mol. The Morgan fingerprint density at radius 3 is 2.32 bits per heavy atom. The molecular weight excluding hydrogens is 344 g/mol. The lowest BCUT2D eigenvalue weighted by atomic mass is 9.90. The minimum atomic E-state index is 0.363. The van der Waals surface area contributed by atoms with Gasteiger partial charge in [-0.15, -0.1) is 0 Å². The standard InChI is InChI=1S/C24H24N4/c1-3-9-19-17(7-1)13-15-23(25-19)27-21-11-5-6-12-22(21)28-24-16-14-18-8-2-4-10-20(18)26-24/h1-4,7-10,13-16,21-22H,5-6,11-12H2,(H,25,27)(H,26,28)/p+1/t21-,22-/m1/s1. The third kappa shape index (κ3) is 3.50. The van der Waals surface area contributed by atoms with Crippen LogP contribution in [0.3, 0.4) is 0 Å². The van der Waals surface area contributed by atoms with E-state index in [4.69, 9.17) is 4.98 Å². The Morgan fingerprint density at radius 1 is 0.714 bits per heavy atom. The van der Waals surface area contributed by atoms with E-state index in [0.717, 1.165) is 35.5 Å². The third-order valence-electron chi connectivity index (χ3n) is 5.70. The zero-order valence-electron chi connectivity index (χ0n) is 15.9. The molecule has 0 unspecified atom stereocenters. The van der Waals surface area contributed by atoms with Crippen LogP contribution in [0.4, 0.5) is 11.6 Å². The Labute approximate surface area is 165 Å². The van der Waals surface area contributed by atoms with Crippen LogP contribution in [0.2, 0.25) is 0 Å². The molecular formula is C24H25N4+. The number of aromatic amines is 1. The Kier molecular flexibility index (Phi) is 4.53. The van der Waals surface area contributed by atoms with Gasteiger partial charge in [0.2, 0.25) is 0 Å². The maximum Gasteiger partial charge on any atom is 0.272 e. The summed E-state index contributed by atoms with van der Waals surface area (Å²) < 4.78 is 0. The fourth-order valence-electron chi connectivity index (χ4n) is 4.21. The monoisotopic (exact) mass is 369 g/mol. The summed E-state index contributed by atoms with van der Waals surface area (Å²) in [5.41, 5.74) is 2.19. The number of hydrogen-bond donors (Lipinski definition) is 2. The van der Waals surface area contributed by atoms with Crippen LogP contribution in [0.1, 0.15) is 25.7 Å². The van der Waals surface area contributed by atoms with Crippen LogP contribution in [-0.2, 0) is 0 Å². The van der Waals surface area contributed by atoms with Gasteiger partial charge in [-0.2, -0.15) is 0 Å². The lowest BCUT2D eigenvalue weighted by Gasteiger charge is -2.30. The molecule has 28 heavy (non-hydrogen) atoms. The highest BCUT2D eigenvalue weighted by atomic mass is 15.1. The molecule has 5 rings (SSSR count). The lowest BCUT2D eigenvalue weighted by molar-refractivity contribution is -0.327. The SMILES string of the molecule is c1ccc2nc(N[C@@H]3CCCC[C@H]3Nc3ccc4ccccc4[nH+]3)ccc2c1. The minimum absolute atomic E-state index is 0.363. The average molecular weight is 369 g/mol. The molecule has 1 fully saturated rings. The number of nitrogens with zero attached hydrogens (tertiary/aromatic N) is 1. The normalized spacial score (nSPS) is 19.6. The molecule has 0 radical (unpaired) electrons. The molecule has 2 aromatic carbocycles. The second-order valence-corrected chi connectivity index (χ2v) is 7.63. The van der Waals surface area contributed by atoms with Gasteiger partial charge in [0.25, 0.3) is 5.82 Å². The number of anilines is 2. The van der Waals surface area contributed by atoms with Crippen molar-refractivity contribution in [3.05, 3.63) is 72.8 Å². The van der Waals surface area contributed by atoms with Crippen LogP contribution in [0.5, 0.6) is 0 Å². The minimum Gasteiger partial charge on any atom is -0.363 e. The Balaban J connectivity index is 1.36. The highest BCUT2D eigenvalue weighted by Gasteiger charge is 2.29. The molecule has 1 aliphatic rings. The van der Waals surface area contributed by atoms with Crippen LogP contribution in [0, 0.1) is 0 Å². The number of aromatic nitrogens is 2. The van der Waals surface area contributed by atoms with Crippen molar-refractivity contribution in [2.24, 2.45) is 0 Å². The van der Waals surface area contributed by atoms with E-state index in [0.29, 0.717) is 12.1 Å². The zero-order valence-corrected chi connectivity index (χ0v) is 15.9. The van der Waals surface area contributed by atoms with E-state index < -0.39 is 0 Å². The van der Waals surface area contributed by atoms with Crippen molar-refractivity contribution in [1.29, 1.82) is 0 Å². The van der Waals surface area contributed by atoms with Crippen molar-refractivity contribution < 1.29 is 4.98 Å². The van der Waals surface area contributed by atoms with Gasteiger partial charge in [0.15, 0.2) is 0 Å². The molecule has 0 amide bonds. The Morgan fingerprint density at radius 2 is 1.43 bits per heavy atom. The maximum atomic E-state index is 4.81. The molecule has 0 spiro atoms. The summed E-state index contributed by atoms with van der Waals surface area (Å²) in [6, 6.07) is 25.9. The van der Waals surface area contributed by atoms with Crippen molar-refractivity contribution in [3.63, 3.8) is 0 Å². The van der Waals surface area contributed by atoms with E-state index >= 15 is 0 Å². The van der Waals surface area contributed by atoms with Gasteiger partial charge in [0, 0.05) is 16.8 Å². The molecule has 140 valence electrons. The average Bonchev–Trinajstić information content (AvgIpc) is 2.75. The van der Waals surface area contributed by atoms with Gasteiger partial charge in [0.05, 0.1) is 11.6 Å². The number of hydrogen-bond acceptors (Lipinski definition) is 3. The first-order valence-corrected chi connectivity index (χ1v) is 10.2. The summed E-state index contributed by atoms with van der Waals surface area (Å²) in [6.45, 7) is 0. The van der Waals surface area contributed by atoms with Gasteiger partial charge in [-0.25, -0.2) is 9.97 Å². The van der Waals surface area contributed by atoms with Crippen molar-refractivity contribution in [1.82, 2.24) is 4.98 Å².